The number of carbonyl (C=O) groups is 1. The first kappa shape index (κ1) is 22.2. The normalized spacial score (nSPS) is 10.2. The molecule has 0 spiro atoms. The second-order valence-electron chi connectivity index (χ2n) is 5.39. The number of rotatable bonds is 14. The zero-order valence-corrected chi connectivity index (χ0v) is 16.4. The third-order valence-corrected chi connectivity index (χ3v) is 3.49. The first-order valence-corrected chi connectivity index (χ1v) is 7.99. The van der Waals surface area contributed by atoms with E-state index in [4.69, 9.17) is 5.11 Å². The standard InChI is InChI=1S/C16H32O2.Sr.2H/c1-2-3-4-5-6-7-8-9-10-11-12-13-14-15-16(17)18;;;/h2-15H2,1H3,(H,17,18);;;/q;+2;2*-1. The van der Waals surface area contributed by atoms with Gasteiger partial charge in [-0.15, -0.1) is 0 Å². The molecule has 3 heteroatoms. The number of aliphatic carboxylic acids is 1. The molecule has 19 heavy (non-hydrogen) atoms. The minimum absolute atomic E-state index is 0. The molecule has 0 bridgehead atoms. The van der Waals surface area contributed by atoms with Gasteiger partial charge in [-0.05, 0) is 6.42 Å². The molecule has 0 heterocycles. The van der Waals surface area contributed by atoms with Crippen molar-refractivity contribution in [3.05, 3.63) is 0 Å². The third kappa shape index (κ3) is 21.4. The van der Waals surface area contributed by atoms with Crippen LogP contribution in [0.25, 0.3) is 0 Å². The molecule has 0 rings (SSSR count). The van der Waals surface area contributed by atoms with Gasteiger partial charge >= 0.3 is 51.5 Å². The zero-order valence-electron chi connectivity index (χ0n) is 15.0. The molecule has 0 radical (unpaired) electrons. The van der Waals surface area contributed by atoms with Gasteiger partial charge in [-0.3, -0.25) is 4.79 Å². The summed E-state index contributed by atoms with van der Waals surface area (Å²) in [4.78, 5) is 10.3. The maximum atomic E-state index is 10.3. The zero-order chi connectivity index (χ0) is 13.5. The van der Waals surface area contributed by atoms with E-state index in [1.165, 1.54) is 70.6 Å². The Balaban J connectivity index is -0.000000482. The smallest absolute Gasteiger partial charge is 1.00 e. The van der Waals surface area contributed by atoms with Crippen molar-refractivity contribution in [3.8, 4) is 0 Å². The molecule has 112 valence electrons. The molecule has 0 aromatic rings. The Kier molecular flexibility index (Phi) is 22.2. The number of hydrogen-bond donors (Lipinski definition) is 1. The van der Waals surface area contributed by atoms with Crippen LogP contribution in [0.5, 0.6) is 0 Å². The topological polar surface area (TPSA) is 37.3 Å². The number of unbranched alkanes of at least 4 members (excludes halogenated alkanes) is 12. The van der Waals surface area contributed by atoms with Gasteiger partial charge in [0.05, 0.1) is 0 Å². The predicted molar refractivity (Wildman–Crippen MR) is 85.9 cm³/mol. The molecular weight excluding hydrogens is 312 g/mol. The van der Waals surface area contributed by atoms with Gasteiger partial charge in [-0.2, -0.15) is 0 Å². The Labute approximate surface area is 160 Å². The molecule has 0 aromatic carbocycles. The minimum Gasteiger partial charge on any atom is -1.00 e. The van der Waals surface area contributed by atoms with Gasteiger partial charge in [0.15, 0.2) is 0 Å². The van der Waals surface area contributed by atoms with Crippen LogP contribution in [0.1, 0.15) is 99.7 Å². The van der Waals surface area contributed by atoms with Crippen LogP contribution >= 0.6 is 0 Å². The van der Waals surface area contributed by atoms with Crippen LogP contribution < -0.4 is 0 Å². The van der Waals surface area contributed by atoms with Crippen molar-refractivity contribution in [3.63, 3.8) is 0 Å². The van der Waals surface area contributed by atoms with Crippen LogP contribution in [0.3, 0.4) is 0 Å². The molecule has 0 aliphatic carbocycles. The van der Waals surface area contributed by atoms with Crippen LogP contribution in [-0.2, 0) is 4.79 Å². The summed E-state index contributed by atoms with van der Waals surface area (Å²) in [7, 11) is 0. The first-order chi connectivity index (χ1) is 8.77. The number of carboxylic acid groups (broad SMARTS) is 1. The summed E-state index contributed by atoms with van der Waals surface area (Å²) in [6.07, 6.45) is 17.3. The van der Waals surface area contributed by atoms with E-state index in [0.717, 1.165) is 12.8 Å². The van der Waals surface area contributed by atoms with E-state index in [-0.39, 0.29) is 48.3 Å². The van der Waals surface area contributed by atoms with Crippen molar-refractivity contribution < 1.29 is 12.8 Å². The molecule has 0 saturated heterocycles. The van der Waals surface area contributed by atoms with Gasteiger partial charge in [-0.1, -0.05) is 84.0 Å². The van der Waals surface area contributed by atoms with E-state index >= 15 is 0 Å². The molecule has 1 N–H and O–H groups in total. The van der Waals surface area contributed by atoms with Crippen molar-refractivity contribution >= 4 is 51.5 Å². The predicted octanol–water partition coefficient (Wildman–Crippen LogP) is 5.40. The van der Waals surface area contributed by atoms with Crippen LogP contribution in [0.4, 0.5) is 0 Å². The van der Waals surface area contributed by atoms with Crippen molar-refractivity contribution in [2.24, 2.45) is 0 Å². The van der Waals surface area contributed by atoms with Crippen molar-refractivity contribution in [1.82, 2.24) is 0 Å². The average Bonchev–Trinajstić information content (AvgIpc) is 2.34. The number of carboxylic acids is 1. The average molecular weight is 346 g/mol. The largest absolute Gasteiger partial charge is 2.00 e. The fraction of sp³-hybridized carbons (Fsp3) is 0.938. The van der Waals surface area contributed by atoms with Crippen LogP contribution in [0, 0.1) is 0 Å². The maximum absolute atomic E-state index is 10.3. The fourth-order valence-electron chi connectivity index (χ4n) is 2.29. The molecule has 0 aliphatic heterocycles. The Morgan fingerprint density at radius 3 is 1.37 bits per heavy atom. The SMILES string of the molecule is CCCCCCCCCCCCCCCC(=O)O.[H-].[H-].[Sr+2]. The third-order valence-electron chi connectivity index (χ3n) is 3.49. The second kappa shape index (κ2) is 19.0. The van der Waals surface area contributed by atoms with Crippen molar-refractivity contribution in [1.29, 1.82) is 0 Å². The van der Waals surface area contributed by atoms with Crippen molar-refractivity contribution in [2.45, 2.75) is 96.8 Å². The molecule has 0 saturated carbocycles. The molecular formula is C16H34O2Sr. The molecule has 0 aliphatic rings. The van der Waals surface area contributed by atoms with E-state index in [1.54, 1.807) is 0 Å². The number of hydrogen-bond acceptors (Lipinski definition) is 1. The van der Waals surface area contributed by atoms with Gasteiger partial charge in [0.1, 0.15) is 0 Å². The summed E-state index contributed by atoms with van der Waals surface area (Å²) in [6.45, 7) is 2.26. The summed E-state index contributed by atoms with van der Waals surface area (Å²) in [6, 6.07) is 0. The molecule has 0 aromatic heterocycles. The maximum Gasteiger partial charge on any atom is 2.00 e. The van der Waals surface area contributed by atoms with E-state index < -0.39 is 5.97 Å². The van der Waals surface area contributed by atoms with Gasteiger partial charge in [0, 0.05) is 6.42 Å². The summed E-state index contributed by atoms with van der Waals surface area (Å²) < 4.78 is 0. The van der Waals surface area contributed by atoms with Crippen LogP contribution in [0.15, 0.2) is 0 Å². The van der Waals surface area contributed by atoms with Gasteiger partial charge in [-0.25, -0.2) is 0 Å². The molecule has 0 fully saturated rings. The molecule has 0 atom stereocenters. The van der Waals surface area contributed by atoms with E-state index in [9.17, 15) is 4.79 Å². The quantitative estimate of drug-likeness (QED) is 0.338. The van der Waals surface area contributed by atoms with E-state index in [0.29, 0.717) is 6.42 Å². The molecule has 2 nitrogen and oxygen atoms in total. The molecule has 0 amide bonds. The molecule has 0 unspecified atom stereocenters. The van der Waals surface area contributed by atoms with Crippen molar-refractivity contribution in [2.75, 3.05) is 0 Å². The Bertz CT molecular complexity index is 193. The summed E-state index contributed by atoms with van der Waals surface area (Å²) in [5, 5.41) is 8.49. The van der Waals surface area contributed by atoms with E-state index in [2.05, 4.69) is 6.92 Å². The summed E-state index contributed by atoms with van der Waals surface area (Å²) >= 11 is 0. The first-order valence-electron chi connectivity index (χ1n) is 7.99. The fourth-order valence-corrected chi connectivity index (χ4v) is 2.29. The summed E-state index contributed by atoms with van der Waals surface area (Å²) in [5.41, 5.74) is 0. The Morgan fingerprint density at radius 2 is 1.05 bits per heavy atom. The van der Waals surface area contributed by atoms with Gasteiger partial charge < -0.3 is 7.96 Å². The Hall–Kier alpha value is 0.951. The second-order valence-corrected chi connectivity index (χ2v) is 5.39. The van der Waals surface area contributed by atoms with Crippen LogP contribution in [0.2, 0.25) is 0 Å². The van der Waals surface area contributed by atoms with E-state index in [1.807, 2.05) is 0 Å². The van der Waals surface area contributed by atoms with Gasteiger partial charge in [0.2, 0.25) is 0 Å². The Morgan fingerprint density at radius 1 is 0.737 bits per heavy atom. The van der Waals surface area contributed by atoms with Crippen LogP contribution in [-0.4, -0.2) is 56.6 Å². The summed E-state index contributed by atoms with van der Waals surface area (Å²) in [5.74, 6) is -0.655. The monoisotopic (exact) mass is 346 g/mol. The minimum atomic E-state index is -0.655. The van der Waals surface area contributed by atoms with Gasteiger partial charge in [0.25, 0.3) is 0 Å².